The van der Waals surface area contributed by atoms with Crippen molar-refractivity contribution in [3.8, 4) is 0 Å². The summed E-state index contributed by atoms with van der Waals surface area (Å²) in [5.41, 5.74) is 0. The Morgan fingerprint density at radius 1 is 0.470 bits per heavy atom. The van der Waals surface area contributed by atoms with Crippen molar-refractivity contribution in [1.82, 2.24) is 0 Å². The fourth-order valence-electron chi connectivity index (χ4n) is 7.79. The van der Waals surface area contributed by atoms with Gasteiger partial charge in [0.15, 0.2) is 0 Å². The van der Waals surface area contributed by atoms with Crippen LogP contribution in [0.2, 0.25) is 0 Å². The van der Waals surface area contributed by atoms with Gasteiger partial charge >= 0.3 is 13.8 Å². The zero-order valence-corrected chi connectivity index (χ0v) is 45.1. The Labute approximate surface area is 409 Å². The second-order valence-electron chi connectivity index (χ2n) is 20.0. The van der Waals surface area contributed by atoms with Crippen LogP contribution in [0.1, 0.15) is 251 Å². The van der Waals surface area contributed by atoms with Gasteiger partial charge in [-0.2, -0.15) is 0 Å². The molecule has 0 aromatic heterocycles. The average Bonchev–Trinajstić information content (AvgIpc) is 3.28. The molecule has 2 atom stereocenters. The Morgan fingerprint density at radius 3 is 1.24 bits per heavy atom. The average molecular weight is 951 g/mol. The van der Waals surface area contributed by atoms with E-state index in [9.17, 15) is 14.3 Å². The van der Waals surface area contributed by atoms with E-state index in [1.54, 1.807) is 0 Å². The predicted octanol–water partition coefficient (Wildman–Crippen LogP) is 17.5. The van der Waals surface area contributed by atoms with Crippen LogP contribution in [-0.2, 0) is 27.9 Å². The van der Waals surface area contributed by atoms with Gasteiger partial charge in [-0.3, -0.25) is 13.8 Å². The number of phosphoric acid groups is 1. The zero-order valence-electron chi connectivity index (χ0n) is 44.2. The molecule has 66 heavy (non-hydrogen) atoms. The minimum absolute atomic E-state index is 0.0869. The summed E-state index contributed by atoms with van der Waals surface area (Å²) in [5.74, 6) is -0.314. The van der Waals surface area contributed by atoms with E-state index >= 15 is 0 Å². The van der Waals surface area contributed by atoms with Gasteiger partial charge in [-0.15, -0.1) is 0 Å². The van der Waals surface area contributed by atoms with E-state index in [1.807, 2.05) is 21.1 Å². The van der Waals surface area contributed by atoms with Gasteiger partial charge in [0.2, 0.25) is 0 Å². The van der Waals surface area contributed by atoms with Crippen LogP contribution in [-0.4, -0.2) is 75.6 Å². The predicted molar refractivity (Wildman–Crippen MR) is 284 cm³/mol. The first kappa shape index (κ1) is 64.5. The van der Waals surface area contributed by atoms with Crippen LogP contribution in [0.25, 0.3) is 0 Å². The van der Waals surface area contributed by atoms with Crippen LogP contribution in [0, 0.1) is 0 Å². The topological polar surface area (TPSA) is 91.3 Å². The van der Waals surface area contributed by atoms with Gasteiger partial charge in [-0.1, -0.05) is 217 Å². The summed E-state index contributed by atoms with van der Waals surface area (Å²) in [7, 11) is 1.67. The van der Waals surface area contributed by atoms with Crippen molar-refractivity contribution in [3.63, 3.8) is 0 Å². The molecule has 0 bridgehead atoms. The van der Waals surface area contributed by atoms with E-state index in [-0.39, 0.29) is 25.8 Å². The van der Waals surface area contributed by atoms with Gasteiger partial charge in [0, 0.05) is 13.0 Å². The zero-order chi connectivity index (χ0) is 48.3. The Bertz CT molecular complexity index is 1200. The number of hydrogen-bond donors (Lipinski definition) is 1. The molecule has 0 fully saturated rings. The minimum atomic E-state index is -4.29. The van der Waals surface area contributed by atoms with Crippen molar-refractivity contribution in [1.29, 1.82) is 0 Å². The molecule has 0 aromatic carbocycles. The van der Waals surface area contributed by atoms with Gasteiger partial charge in [-0.25, -0.2) is 4.57 Å². The van der Waals surface area contributed by atoms with E-state index in [4.69, 9.17) is 18.5 Å². The summed E-state index contributed by atoms with van der Waals surface area (Å²) in [6, 6.07) is 0. The number of allylic oxidation sites excluding steroid dienone is 8. The normalized spacial score (nSPS) is 13.8. The van der Waals surface area contributed by atoms with Crippen molar-refractivity contribution in [3.05, 3.63) is 48.6 Å². The number of rotatable bonds is 52. The third-order valence-corrected chi connectivity index (χ3v) is 13.1. The van der Waals surface area contributed by atoms with E-state index in [0.717, 1.165) is 44.9 Å². The molecule has 0 rings (SSSR count). The third-order valence-electron chi connectivity index (χ3n) is 12.1. The molecule has 0 saturated heterocycles. The second-order valence-corrected chi connectivity index (χ2v) is 21.4. The molecular formula is C57H109NO7P+. The summed E-state index contributed by atoms with van der Waals surface area (Å²) in [5, 5.41) is 0. The molecule has 0 aliphatic heterocycles. The van der Waals surface area contributed by atoms with Gasteiger partial charge in [0.25, 0.3) is 0 Å². The van der Waals surface area contributed by atoms with Gasteiger partial charge in [0.1, 0.15) is 19.3 Å². The van der Waals surface area contributed by atoms with E-state index in [1.165, 1.54) is 186 Å². The Kier molecular flexibility index (Phi) is 48.7. The minimum Gasteiger partial charge on any atom is -0.457 e. The number of phosphoric ester groups is 1. The lowest BCUT2D eigenvalue weighted by Gasteiger charge is -2.24. The number of carbonyl (C=O) groups is 1. The number of carbonyl (C=O) groups excluding carboxylic acids is 1. The first-order valence-corrected chi connectivity index (χ1v) is 29.4. The third kappa shape index (κ3) is 53.4. The van der Waals surface area contributed by atoms with Crippen molar-refractivity contribution < 1.29 is 37.3 Å². The van der Waals surface area contributed by atoms with Crippen LogP contribution in [0.4, 0.5) is 0 Å². The number of ether oxygens (including phenoxy) is 2. The van der Waals surface area contributed by atoms with Crippen LogP contribution in [0.3, 0.4) is 0 Å². The molecule has 8 nitrogen and oxygen atoms in total. The standard InChI is InChI=1S/C57H108NO7P/c1-6-8-10-12-14-16-18-20-22-24-26-27-28-29-30-31-32-34-36-38-40-42-44-46-48-50-57(59)65-56(55-64-66(60,61)63-53-51-58(3,4)5)54-62-52-49-47-45-43-41-39-37-35-33-25-23-21-19-17-15-13-11-9-7-2/h17-20,23-26,56H,6-16,21-22,27-55H2,1-5H3/p+1/b19-17-,20-18-,25-23-,26-24-. The lowest BCUT2D eigenvalue weighted by atomic mass is 10.0. The maximum absolute atomic E-state index is 12.8. The van der Waals surface area contributed by atoms with Crippen LogP contribution < -0.4 is 0 Å². The molecule has 0 heterocycles. The highest BCUT2D eigenvalue weighted by atomic mass is 31.2. The van der Waals surface area contributed by atoms with Crippen molar-refractivity contribution in [2.75, 3.05) is 54.1 Å². The summed E-state index contributed by atoms with van der Waals surface area (Å²) in [6.07, 6.45) is 63.1. The van der Waals surface area contributed by atoms with Crippen molar-refractivity contribution in [2.45, 2.75) is 258 Å². The molecular weight excluding hydrogens is 842 g/mol. The monoisotopic (exact) mass is 951 g/mol. The van der Waals surface area contributed by atoms with Crippen LogP contribution >= 0.6 is 7.82 Å². The fraction of sp³-hybridized carbons (Fsp3) is 0.842. The molecule has 0 aromatic rings. The van der Waals surface area contributed by atoms with E-state index in [2.05, 4.69) is 62.5 Å². The molecule has 0 spiro atoms. The number of likely N-dealkylation sites (N-methyl/N-ethyl adjacent to an activating group) is 1. The fourth-order valence-corrected chi connectivity index (χ4v) is 8.53. The van der Waals surface area contributed by atoms with E-state index < -0.39 is 13.9 Å². The molecule has 0 radical (unpaired) electrons. The maximum atomic E-state index is 12.8. The maximum Gasteiger partial charge on any atom is 0.472 e. The molecule has 2 unspecified atom stereocenters. The molecule has 0 aliphatic carbocycles. The highest BCUT2D eigenvalue weighted by molar-refractivity contribution is 7.47. The number of nitrogens with zero attached hydrogens (tertiary/aromatic N) is 1. The van der Waals surface area contributed by atoms with Gasteiger partial charge < -0.3 is 18.9 Å². The Balaban J connectivity index is 4.09. The van der Waals surface area contributed by atoms with Gasteiger partial charge in [-0.05, 0) is 77.0 Å². The first-order valence-electron chi connectivity index (χ1n) is 27.9. The number of hydrogen-bond acceptors (Lipinski definition) is 6. The largest absolute Gasteiger partial charge is 0.472 e. The number of unbranched alkanes of at least 4 members (excludes halogenated alkanes) is 30. The summed E-state index contributed by atoms with van der Waals surface area (Å²) >= 11 is 0. The SMILES string of the molecule is CCCCCC/C=C\C/C=C\CCCCCCCCCCOCC(COP(=O)(O)OCC[N+](C)(C)C)OC(=O)CCCCCCCCCCCCCCC/C=C\C/C=C\CCCCCCC. The van der Waals surface area contributed by atoms with Crippen molar-refractivity contribution >= 4 is 13.8 Å². The quantitative estimate of drug-likeness (QED) is 0.0213. The molecule has 0 saturated carbocycles. The summed E-state index contributed by atoms with van der Waals surface area (Å²) < 4.78 is 35.2. The molecule has 0 amide bonds. The lowest BCUT2D eigenvalue weighted by molar-refractivity contribution is -0.870. The number of quaternary nitrogens is 1. The Hall–Kier alpha value is -1.54. The highest BCUT2D eigenvalue weighted by Gasteiger charge is 2.26. The molecule has 9 heteroatoms. The molecule has 388 valence electrons. The number of esters is 1. The van der Waals surface area contributed by atoms with Crippen molar-refractivity contribution in [2.24, 2.45) is 0 Å². The van der Waals surface area contributed by atoms with Crippen LogP contribution in [0.15, 0.2) is 48.6 Å². The second kappa shape index (κ2) is 49.9. The van der Waals surface area contributed by atoms with Crippen LogP contribution in [0.5, 0.6) is 0 Å². The summed E-state index contributed by atoms with van der Waals surface area (Å²) in [6.45, 7) is 5.62. The Morgan fingerprint density at radius 2 is 0.833 bits per heavy atom. The highest BCUT2D eigenvalue weighted by Crippen LogP contribution is 2.43. The first-order chi connectivity index (χ1) is 32.1. The smallest absolute Gasteiger partial charge is 0.457 e. The van der Waals surface area contributed by atoms with Gasteiger partial charge in [0.05, 0.1) is 34.4 Å². The molecule has 0 aliphatic rings. The lowest BCUT2D eigenvalue weighted by Crippen LogP contribution is -2.37. The summed E-state index contributed by atoms with van der Waals surface area (Å²) in [4.78, 5) is 23.1. The van der Waals surface area contributed by atoms with E-state index in [0.29, 0.717) is 24.1 Å². The molecule has 1 N–H and O–H groups in total.